The summed E-state index contributed by atoms with van der Waals surface area (Å²) in [7, 11) is 1.64. The van der Waals surface area contributed by atoms with Gasteiger partial charge in [0.1, 0.15) is 17.2 Å². The first kappa shape index (κ1) is 21.0. The monoisotopic (exact) mass is 460 g/mol. The van der Waals surface area contributed by atoms with Crippen molar-refractivity contribution < 1.29 is 9.59 Å². The Balaban J connectivity index is 1.24. The van der Waals surface area contributed by atoms with E-state index in [1.165, 1.54) is 0 Å². The molecule has 3 N–H and O–H groups in total. The van der Waals surface area contributed by atoms with E-state index in [-0.39, 0.29) is 23.9 Å². The van der Waals surface area contributed by atoms with Gasteiger partial charge in [0.15, 0.2) is 0 Å². The summed E-state index contributed by atoms with van der Waals surface area (Å²) in [5, 5.41) is 10.1. The summed E-state index contributed by atoms with van der Waals surface area (Å²) in [5.74, 6) is 0.874. The Hall–Kier alpha value is -3.53. The lowest BCUT2D eigenvalue weighted by molar-refractivity contribution is 0.0715. The minimum Gasteiger partial charge on any atom is -0.354 e. The van der Waals surface area contributed by atoms with E-state index >= 15 is 0 Å². The number of carbonyl (C=O) groups is 2. The molecule has 10 heteroatoms. The highest BCUT2D eigenvalue weighted by Gasteiger charge is 2.40. The number of carbonyl (C=O) groups excluding carboxylic acids is 2. The van der Waals surface area contributed by atoms with Crippen LogP contribution in [0.2, 0.25) is 0 Å². The molecule has 2 aliphatic heterocycles. The first-order valence-electron chi connectivity index (χ1n) is 12.0. The third kappa shape index (κ3) is 3.58. The van der Waals surface area contributed by atoms with Crippen LogP contribution in [0.3, 0.4) is 0 Å². The second kappa shape index (κ2) is 8.35. The van der Waals surface area contributed by atoms with Crippen molar-refractivity contribution in [2.75, 3.05) is 25.5 Å². The smallest absolute Gasteiger partial charge is 0.267 e. The molecule has 2 atom stereocenters. The van der Waals surface area contributed by atoms with Gasteiger partial charge in [-0.1, -0.05) is 12.8 Å². The average Bonchev–Trinajstić information content (AvgIpc) is 3.67. The highest BCUT2D eigenvalue weighted by molar-refractivity contribution is 5.98. The number of amides is 2. The van der Waals surface area contributed by atoms with Crippen molar-refractivity contribution in [3.05, 3.63) is 41.9 Å². The number of nitrogens with one attached hydrogen (secondary N) is 3. The average molecular weight is 461 g/mol. The summed E-state index contributed by atoms with van der Waals surface area (Å²) in [6.45, 7) is 1.63. The molecule has 2 saturated heterocycles. The number of nitrogens with zero attached hydrogens (tertiary/aromatic N) is 5. The molecule has 2 bridgehead atoms. The van der Waals surface area contributed by atoms with E-state index in [9.17, 15) is 9.59 Å². The van der Waals surface area contributed by atoms with Gasteiger partial charge in [-0.05, 0) is 37.5 Å². The van der Waals surface area contributed by atoms with E-state index in [1.807, 2.05) is 11.0 Å². The second-order valence-electron chi connectivity index (χ2n) is 9.40. The van der Waals surface area contributed by atoms with Crippen LogP contribution in [0, 0.1) is 0 Å². The molecule has 6 rings (SSSR count). The number of piperazine rings is 1. The number of rotatable bonds is 5. The largest absolute Gasteiger partial charge is 0.354 e. The predicted octanol–water partition coefficient (Wildman–Crippen LogP) is 2.23. The third-order valence-corrected chi connectivity index (χ3v) is 7.29. The van der Waals surface area contributed by atoms with E-state index in [0.717, 1.165) is 56.2 Å². The van der Waals surface area contributed by atoms with Crippen LogP contribution in [0.1, 0.15) is 59.0 Å². The summed E-state index contributed by atoms with van der Waals surface area (Å²) in [6.07, 6.45) is 8.74. The molecule has 1 unspecified atom stereocenters. The van der Waals surface area contributed by atoms with Gasteiger partial charge < -0.3 is 25.4 Å². The standard InChI is InChI=1S/C24H28N8O2/c1-25-22(33)19-8-15-11-28-24(30-21(15)32(19)17-4-2-3-5-17)29-20-7-6-14(10-27-20)23(34)31-13-16-9-18(31)12-26-16/h6-8,10-11,16-18,26H,2-5,9,12-13H2,1H3,(H,25,33)(H,27,28,29,30)/t16-,18?/m0/s1. The number of aromatic nitrogens is 4. The van der Waals surface area contributed by atoms with Crippen LogP contribution in [-0.2, 0) is 0 Å². The summed E-state index contributed by atoms with van der Waals surface area (Å²) < 4.78 is 2.06. The second-order valence-corrected chi connectivity index (χ2v) is 9.40. The number of fused-ring (bicyclic) bond motifs is 3. The van der Waals surface area contributed by atoms with E-state index in [2.05, 4.69) is 30.5 Å². The zero-order valence-corrected chi connectivity index (χ0v) is 19.1. The molecule has 3 aromatic heterocycles. The van der Waals surface area contributed by atoms with Gasteiger partial charge in [0.05, 0.1) is 5.56 Å². The molecular weight excluding hydrogens is 432 g/mol. The fourth-order valence-corrected chi connectivity index (χ4v) is 5.59. The van der Waals surface area contributed by atoms with Crippen LogP contribution in [0.4, 0.5) is 11.8 Å². The van der Waals surface area contributed by atoms with E-state index in [1.54, 1.807) is 31.6 Å². The van der Waals surface area contributed by atoms with Gasteiger partial charge in [-0.25, -0.2) is 9.97 Å². The van der Waals surface area contributed by atoms with Gasteiger partial charge in [0, 0.05) is 56.0 Å². The lowest BCUT2D eigenvalue weighted by atomic mass is 10.2. The molecule has 5 heterocycles. The fraction of sp³-hybridized carbons (Fsp3) is 0.458. The Morgan fingerprint density at radius 2 is 1.97 bits per heavy atom. The molecule has 0 aromatic carbocycles. The number of pyridine rings is 1. The van der Waals surface area contributed by atoms with Gasteiger partial charge >= 0.3 is 0 Å². The summed E-state index contributed by atoms with van der Waals surface area (Å²) in [5.41, 5.74) is 1.94. The molecule has 1 aliphatic carbocycles. The maximum Gasteiger partial charge on any atom is 0.267 e. The van der Waals surface area contributed by atoms with Crippen molar-refractivity contribution in [2.45, 2.75) is 50.2 Å². The van der Waals surface area contributed by atoms with Gasteiger partial charge in [0.2, 0.25) is 5.95 Å². The molecule has 1 saturated carbocycles. The molecule has 3 aromatic rings. The molecule has 34 heavy (non-hydrogen) atoms. The van der Waals surface area contributed by atoms with Crippen molar-refractivity contribution in [1.29, 1.82) is 0 Å². The van der Waals surface area contributed by atoms with Gasteiger partial charge in [-0.2, -0.15) is 4.98 Å². The van der Waals surface area contributed by atoms with Crippen LogP contribution in [0.5, 0.6) is 0 Å². The molecule has 10 nitrogen and oxygen atoms in total. The first-order valence-corrected chi connectivity index (χ1v) is 12.0. The number of hydrogen-bond acceptors (Lipinski definition) is 7. The van der Waals surface area contributed by atoms with E-state index in [0.29, 0.717) is 29.1 Å². The molecule has 0 spiro atoms. The number of hydrogen-bond donors (Lipinski definition) is 3. The predicted molar refractivity (Wildman–Crippen MR) is 127 cm³/mol. The Morgan fingerprint density at radius 3 is 2.65 bits per heavy atom. The lowest BCUT2D eigenvalue weighted by Crippen LogP contribution is -2.46. The Kier molecular flexibility index (Phi) is 5.17. The van der Waals surface area contributed by atoms with Crippen LogP contribution in [-0.4, -0.2) is 68.5 Å². The van der Waals surface area contributed by atoms with Crippen LogP contribution >= 0.6 is 0 Å². The lowest BCUT2D eigenvalue weighted by Gasteiger charge is -2.27. The van der Waals surface area contributed by atoms with Crippen molar-refractivity contribution >= 4 is 34.6 Å². The zero-order chi connectivity index (χ0) is 23.2. The normalized spacial score (nSPS) is 22.0. The fourth-order valence-electron chi connectivity index (χ4n) is 5.59. The molecular formula is C24H28N8O2. The minimum atomic E-state index is -0.122. The molecule has 3 aliphatic rings. The SMILES string of the molecule is CNC(=O)c1cc2cnc(Nc3ccc(C(=O)N4C[C@@H]5CC4CN5)cn3)nc2n1C1CCCC1. The third-order valence-electron chi connectivity index (χ3n) is 7.29. The van der Waals surface area contributed by atoms with Gasteiger partial charge in [-0.15, -0.1) is 0 Å². The number of anilines is 2. The topological polar surface area (TPSA) is 117 Å². The van der Waals surface area contributed by atoms with Crippen molar-refractivity contribution in [3.63, 3.8) is 0 Å². The van der Waals surface area contributed by atoms with Crippen LogP contribution in [0.25, 0.3) is 11.0 Å². The van der Waals surface area contributed by atoms with Crippen molar-refractivity contribution in [2.24, 2.45) is 0 Å². The Bertz CT molecular complexity index is 1250. The van der Waals surface area contributed by atoms with Crippen LogP contribution < -0.4 is 16.0 Å². The maximum absolute atomic E-state index is 12.9. The Morgan fingerprint density at radius 1 is 1.12 bits per heavy atom. The summed E-state index contributed by atoms with van der Waals surface area (Å²) >= 11 is 0. The van der Waals surface area contributed by atoms with Gasteiger partial charge in [-0.3, -0.25) is 9.59 Å². The molecule has 2 amide bonds. The number of likely N-dealkylation sites (tertiary alicyclic amines) is 1. The summed E-state index contributed by atoms with van der Waals surface area (Å²) in [6, 6.07) is 6.38. The highest BCUT2D eigenvalue weighted by Crippen LogP contribution is 2.34. The zero-order valence-electron chi connectivity index (χ0n) is 19.1. The van der Waals surface area contributed by atoms with E-state index < -0.39 is 0 Å². The molecule has 0 radical (unpaired) electrons. The molecule has 3 fully saturated rings. The quantitative estimate of drug-likeness (QED) is 0.535. The van der Waals surface area contributed by atoms with Crippen molar-refractivity contribution in [1.82, 2.24) is 35.1 Å². The van der Waals surface area contributed by atoms with Crippen LogP contribution in [0.15, 0.2) is 30.6 Å². The van der Waals surface area contributed by atoms with E-state index in [4.69, 9.17) is 4.98 Å². The maximum atomic E-state index is 12.9. The van der Waals surface area contributed by atoms with Crippen molar-refractivity contribution in [3.8, 4) is 0 Å². The van der Waals surface area contributed by atoms with Gasteiger partial charge in [0.25, 0.3) is 11.8 Å². The highest BCUT2D eigenvalue weighted by atomic mass is 16.2. The first-order chi connectivity index (χ1) is 16.6. The molecule has 176 valence electrons. The Labute approximate surface area is 197 Å². The minimum absolute atomic E-state index is 0.0295. The summed E-state index contributed by atoms with van der Waals surface area (Å²) in [4.78, 5) is 40.9.